The van der Waals surface area contributed by atoms with Crippen LogP contribution in [0.2, 0.25) is 0 Å². The molecule has 1 aromatic carbocycles. The molecule has 0 aliphatic heterocycles. The molecule has 0 fully saturated rings. The van der Waals surface area contributed by atoms with E-state index in [4.69, 9.17) is 4.42 Å². The minimum absolute atomic E-state index is 0.477. The van der Waals surface area contributed by atoms with E-state index in [-0.39, 0.29) is 0 Å². The van der Waals surface area contributed by atoms with Gasteiger partial charge in [0.1, 0.15) is 11.5 Å². The van der Waals surface area contributed by atoms with Crippen LogP contribution in [0.4, 0.5) is 0 Å². The summed E-state index contributed by atoms with van der Waals surface area (Å²) in [5.74, 6) is 2.00. The van der Waals surface area contributed by atoms with Crippen molar-refractivity contribution < 1.29 is 4.42 Å². The lowest BCUT2D eigenvalue weighted by atomic mass is 10.1. The lowest BCUT2D eigenvalue weighted by Crippen LogP contribution is -2.18. The number of aryl methyl sites for hydroxylation is 3. The minimum atomic E-state index is 0.477. The first-order valence-electron chi connectivity index (χ1n) is 6.60. The number of benzene rings is 1. The summed E-state index contributed by atoms with van der Waals surface area (Å²) in [7, 11) is 0. The monoisotopic (exact) mass is 241 g/mol. The van der Waals surface area contributed by atoms with Crippen LogP contribution in [-0.2, 0) is 13.0 Å². The number of fused-ring (bicyclic) bond motifs is 1. The Morgan fingerprint density at radius 2 is 2.11 bits per heavy atom. The summed E-state index contributed by atoms with van der Waals surface area (Å²) in [6.07, 6.45) is 2.38. The summed E-state index contributed by atoms with van der Waals surface area (Å²) < 4.78 is 5.59. The van der Waals surface area contributed by atoms with Crippen LogP contribution >= 0.6 is 0 Å². The van der Waals surface area contributed by atoms with Crippen LogP contribution in [0, 0.1) is 13.8 Å². The normalized spacial score (nSPS) is 18.0. The quantitative estimate of drug-likeness (QED) is 0.887. The van der Waals surface area contributed by atoms with Crippen molar-refractivity contribution in [2.24, 2.45) is 0 Å². The molecule has 1 N–H and O–H groups in total. The maximum atomic E-state index is 5.59. The van der Waals surface area contributed by atoms with E-state index < -0.39 is 0 Å². The molecular weight excluding hydrogens is 222 g/mol. The molecule has 0 saturated carbocycles. The Hall–Kier alpha value is -1.54. The second-order valence-corrected chi connectivity index (χ2v) is 5.19. The Morgan fingerprint density at radius 1 is 1.22 bits per heavy atom. The van der Waals surface area contributed by atoms with Gasteiger partial charge >= 0.3 is 0 Å². The van der Waals surface area contributed by atoms with Crippen LogP contribution in [0.5, 0.6) is 0 Å². The van der Waals surface area contributed by atoms with Crippen molar-refractivity contribution in [1.82, 2.24) is 5.32 Å². The van der Waals surface area contributed by atoms with Gasteiger partial charge in [-0.1, -0.05) is 23.8 Å². The van der Waals surface area contributed by atoms with E-state index in [0.717, 1.165) is 18.1 Å². The van der Waals surface area contributed by atoms with Gasteiger partial charge in [0.25, 0.3) is 0 Å². The van der Waals surface area contributed by atoms with E-state index in [9.17, 15) is 0 Å². The van der Waals surface area contributed by atoms with Gasteiger partial charge in [-0.05, 0) is 49.9 Å². The molecule has 18 heavy (non-hydrogen) atoms. The van der Waals surface area contributed by atoms with Gasteiger partial charge in [0.2, 0.25) is 0 Å². The summed E-state index contributed by atoms with van der Waals surface area (Å²) in [6.45, 7) is 4.95. The predicted molar refractivity (Wildman–Crippen MR) is 72.5 cm³/mol. The Morgan fingerprint density at radius 3 is 2.89 bits per heavy atom. The molecule has 0 bridgehead atoms. The fourth-order valence-electron chi connectivity index (χ4n) is 2.74. The summed E-state index contributed by atoms with van der Waals surface area (Å²) >= 11 is 0. The maximum Gasteiger partial charge on any atom is 0.117 e. The molecule has 0 radical (unpaired) electrons. The fraction of sp³-hybridized carbons (Fsp3) is 0.375. The van der Waals surface area contributed by atoms with Gasteiger partial charge in [0, 0.05) is 6.04 Å². The third-order valence-corrected chi connectivity index (χ3v) is 3.70. The number of rotatable bonds is 3. The molecule has 1 heterocycles. The van der Waals surface area contributed by atoms with Gasteiger partial charge in [0.15, 0.2) is 0 Å². The Kier molecular flexibility index (Phi) is 2.96. The van der Waals surface area contributed by atoms with E-state index >= 15 is 0 Å². The number of hydrogen-bond donors (Lipinski definition) is 1. The van der Waals surface area contributed by atoms with Crippen LogP contribution in [0.3, 0.4) is 0 Å². The first-order valence-corrected chi connectivity index (χ1v) is 6.60. The molecular formula is C16H19NO. The van der Waals surface area contributed by atoms with Crippen LogP contribution in [0.15, 0.2) is 34.7 Å². The van der Waals surface area contributed by atoms with Crippen molar-refractivity contribution in [3.05, 3.63) is 58.5 Å². The molecule has 94 valence electrons. The molecule has 2 heteroatoms. The van der Waals surface area contributed by atoms with Gasteiger partial charge < -0.3 is 9.73 Å². The first-order chi connectivity index (χ1) is 8.72. The highest BCUT2D eigenvalue weighted by atomic mass is 16.3. The topological polar surface area (TPSA) is 25.2 Å². The molecule has 0 saturated heterocycles. The molecule has 0 spiro atoms. The van der Waals surface area contributed by atoms with Gasteiger partial charge in [-0.2, -0.15) is 0 Å². The lowest BCUT2D eigenvalue weighted by molar-refractivity contribution is 0.434. The molecule has 2 aromatic rings. The van der Waals surface area contributed by atoms with E-state index in [1.807, 2.05) is 13.0 Å². The Bertz CT molecular complexity index is 556. The third kappa shape index (κ3) is 2.21. The van der Waals surface area contributed by atoms with Crippen molar-refractivity contribution >= 4 is 0 Å². The predicted octanol–water partition coefficient (Wildman–Crippen LogP) is 3.67. The highest BCUT2D eigenvalue weighted by molar-refractivity contribution is 5.37. The zero-order valence-corrected chi connectivity index (χ0v) is 11.0. The van der Waals surface area contributed by atoms with Gasteiger partial charge in [-0.3, -0.25) is 0 Å². The summed E-state index contributed by atoms with van der Waals surface area (Å²) in [5.41, 5.74) is 4.31. The van der Waals surface area contributed by atoms with Crippen molar-refractivity contribution in [2.75, 3.05) is 0 Å². The zero-order valence-electron chi connectivity index (χ0n) is 11.0. The average molecular weight is 241 g/mol. The van der Waals surface area contributed by atoms with Gasteiger partial charge in [-0.15, -0.1) is 0 Å². The smallest absolute Gasteiger partial charge is 0.117 e. The largest absolute Gasteiger partial charge is 0.465 e. The van der Waals surface area contributed by atoms with Crippen molar-refractivity contribution in [2.45, 2.75) is 39.3 Å². The van der Waals surface area contributed by atoms with E-state index in [1.54, 1.807) is 0 Å². The first kappa shape index (κ1) is 11.5. The molecule has 1 unspecified atom stereocenters. The second kappa shape index (κ2) is 4.62. The molecule has 2 nitrogen and oxygen atoms in total. The van der Waals surface area contributed by atoms with Crippen molar-refractivity contribution in [3.63, 3.8) is 0 Å². The molecule has 3 rings (SSSR count). The highest BCUT2D eigenvalue weighted by Gasteiger charge is 2.21. The summed E-state index contributed by atoms with van der Waals surface area (Å²) in [6, 6.07) is 11.3. The van der Waals surface area contributed by atoms with Gasteiger partial charge in [-0.25, -0.2) is 0 Å². The minimum Gasteiger partial charge on any atom is -0.465 e. The Labute approximate surface area is 108 Å². The summed E-state index contributed by atoms with van der Waals surface area (Å²) in [5, 5.41) is 3.60. The molecule has 1 atom stereocenters. The Balaban J connectivity index is 1.71. The lowest BCUT2D eigenvalue weighted by Gasteiger charge is -2.13. The van der Waals surface area contributed by atoms with Crippen molar-refractivity contribution in [1.29, 1.82) is 0 Å². The molecule has 1 aliphatic carbocycles. The van der Waals surface area contributed by atoms with Crippen LogP contribution in [0.1, 0.15) is 40.7 Å². The SMILES string of the molecule is Cc1ccc2c(c1)C(NCc1ccc(C)o1)CC2. The zero-order chi connectivity index (χ0) is 12.5. The number of hydrogen-bond acceptors (Lipinski definition) is 2. The second-order valence-electron chi connectivity index (χ2n) is 5.19. The van der Waals surface area contributed by atoms with Crippen LogP contribution in [0.25, 0.3) is 0 Å². The number of nitrogens with one attached hydrogen (secondary N) is 1. The molecule has 1 aliphatic rings. The molecule has 1 aromatic heterocycles. The summed E-state index contributed by atoms with van der Waals surface area (Å²) in [4.78, 5) is 0. The van der Waals surface area contributed by atoms with E-state index in [2.05, 4.69) is 36.5 Å². The third-order valence-electron chi connectivity index (χ3n) is 3.70. The fourth-order valence-corrected chi connectivity index (χ4v) is 2.74. The van der Waals surface area contributed by atoms with Gasteiger partial charge in [0.05, 0.1) is 6.54 Å². The van der Waals surface area contributed by atoms with E-state index in [1.165, 1.54) is 29.5 Å². The molecule has 0 amide bonds. The van der Waals surface area contributed by atoms with Crippen LogP contribution < -0.4 is 5.32 Å². The number of furan rings is 1. The van der Waals surface area contributed by atoms with Crippen LogP contribution in [-0.4, -0.2) is 0 Å². The highest BCUT2D eigenvalue weighted by Crippen LogP contribution is 2.31. The maximum absolute atomic E-state index is 5.59. The van der Waals surface area contributed by atoms with E-state index in [0.29, 0.717) is 6.04 Å². The average Bonchev–Trinajstić information content (AvgIpc) is 2.93. The van der Waals surface area contributed by atoms with Crippen molar-refractivity contribution in [3.8, 4) is 0 Å². The standard InChI is InChI=1S/C16H19NO/c1-11-3-5-13-6-8-16(15(13)9-11)17-10-14-7-4-12(2)18-14/h3-5,7,9,16-17H,6,8,10H2,1-2H3.